The van der Waals surface area contributed by atoms with Crippen molar-refractivity contribution in [3.05, 3.63) is 50.3 Å². The molecule has 3 nitrogen and oxygen atoms in total. The zero-order valence-corrected chi connectivity index (χ0v) is 12.1. The van der Waals surface area contributed by atoms with Gasteiger partial charge in [0.2, 0.25) is 0 Å². The molecule has 0 heterocycles. The van der Waals surface area contributed by atoms with Gasteiger partial charge >= 0.3 is 105 Å². The molecule has 0 aromatic heterocycles. The molecule has 1 rings (SSSR count). The molecule has 4 heteroatoms. The van der Waals surface area contributed by atoms with Crippen molar-refractivity contribution in [1.29, 1.82) is 0 Å². The molecule has 0 spiro atoms. The number of hydrogen-bond acceptors (Lipinski definition) is 3. The van der Waals surface area contributed by atoms with E-state index in [1.807, 2.05) is 10.5 Å². The number of allylic oxidation sites excluding steroid dienone is 3. The van der Waals surface area contributed by atoms with Crippen LogP contribution in [0.2, 0.25) is 0 Å². The van der Waals surface area contributed by atoms with Gasteiger partial charge in [-0.3, -0.25) is 0 Å². The molecule has 0 saturated carbocycles. The first-order valence-electron chi connectivity index (χ1n) is 4.71. The first kappa shape index (κ1) is 13.0. The Morgan fingerprint density at radius 1 is 1.38 bits per heavy atom. The fraction of sp³-hybridized carbons (Fsp3) is 0.250. The van der Waals surface area contributed by atoms with Crippen LogP contribution in [0.15, 0.2) is 27.3 Å². The second kappa shape index (κ2) is 5.31. The van der Waals surface area contributed by atoms with Crippen molar-refractivity contribution in [3.8, 4) is 0 Å². The van der Waals surface area contributed by atoms with Gasteiger partial charge in [-0.25, -0.2) is 0 Å². The van der Waals surface area contributed by atoms with Crippen molar-refractivity contribution in [3.63, 3.8) is 0 Å². The van der Waals surface area contributed by atoms with Crippen LogP contribution in [0.1, 0.15) is 5.56 Å². The fourth-order valence-electron chi connectivity index (χ4n) is 1.49. The second-order valence-corrected chi connectivity index (χ2v) is 4.60. The molecule has 0 amide bonds. The summed E-state index contributed by atoms with van der Waals surface area (Å²) in [6, 6.07) is 0. The molecule has 1 aromatic carbocycles. The zero-order chi connectivity index (χ0) is 12.3. The van der Waals surface area contributed by atoms with Gasteiger partial charge in [-0.1, -0.05) is 0 Å². The minimum absolute atomic E-state index is 0.345. The topological polar surface area (TPSA) is 37.4 Å². The molecule has 0 atom stereocenters. The summed E-state index contributed by atoms with van der Waals surface area (Å²) in [5.41, 5.74) is 0.759. The third kappa shape index (κ3) is 2.53. The van der Waals surface area contributed by atoms with Crippen LogP contribution in [0.5, 0.6) is 0 Å². The maximum absolute atomic E-state index is 11.4. The van der Waals surface area contributed by atoms with E-state index in [-0.39, 0.29) is 0 Å². The molecule has 0 fully saturated rings. The van der Waals surface area contributed by atoms with E-state index in [0.29, 0.717) is 23.2 Å². The first-order chi connectivity index (χ1) is 7.49. The van der Waals surface area contributed by atoms with E-state index >= 15 is 0 Å². The van der Waals surface area contributed by atoms with Crippen molar-refractivity contribution in [2.75, 3.05) is 19.0 Å². The molecular weight excluding hydrogens is 374 g/mol. The Hall–Kier alpha value is -1.08. The fourth-order valence-corrected chi connectivity index (χ4v) is 1.77. The first-order valence-corrected chi connectivity index (χ1v) is 6.41. The van der Waals surface area contributed by atoms with Crippen molar-refractivity contribution in [2.24, 2.45) is 0 Å². The van der Waals surface area contributed by atoms with E-state index in [2.05, 4.69) is 0 Å². The van der Waals surface area contributed by atoms with E-state index in [9.17, 15) is 9.59 Å². The Morgan fingerprint density at radius 2 is 2.00 bits per heavy atom. The van der Waals surface area contributed by atoms with Crippen molar-refractivity contribution >= 4 is 10.1 Å². The third-order valence-corrected chi connectivity index (χ3v) is 2.76. The molecule has 1 aromatic rings. The Labute approximate surface area is 105 Å². The molecule has 0 unspecified atom stereocenters. The molecule has 0 aliphatic carbocycles. The summed E-state index contributed by atoms with van der Waals surface area (Å²) in [4.78, 5) is 24.3. The summed E-state index contributed by atoms with van der Waals surface area (Å²) in [7, 11) is 3.49. The molecule has 16 heavy (non-hydrogen) atoms. The van der Waals surface area contributed by atoms with Crippen molar-refractivity contribution < 1.29 is 19.4 Å². The van der Waals surface area contributed by atoms with E-state index < -0.39 is 10.9 Å². The quantitative estimate of drug-likeness (QED) is 0.411. The molecule has 0 radical (unpaired) electrons. The summed E-state index contributed by atoms with van der Waals surface area (Å²) >= 11 is 1.34. The SMILES string of the molecule is [CH-]=C(/C=C\[CH]=[W])Cc1c(N(C)C)c(=O)c1=O. The van der Waals surface area contributed by atoms with Gasteiger partial charge in [0.15, 0.2) is 0 Å². The Morgan fingerprint density at radius 3 is 2.50 bits per heavy atom. The third-order valence-electron chi connectivity index (χ3n) is 2.20. The van der Waals surface area contributed by atoms with Crippen LogP contribution >= 0.6 is 0 Å². The van der Waals surface area contributed by atoms with E-state index in [1.54, 1.807) is 25.1 Å². The molecule has 0 aliphatic heterocycles. The summed E-state index contributed by atoms with van der Waals surface area (Å²) < 4.78 is 1.93. The van der Waals surface area contributed by atoms with Gasteiger partial charge in [0.05, 0.1) is 0 Å². The van der Waals surface area contributed by atoms with Gasteiger partial charge in [0, 0.05) is 0 Å². The predicted molar refractivity (Wildman–Crippen MR) is 62.4 cm³/mol. The standard InChI is InChI=1S/C12H12NO2.W/c1-5-6-8(2)7-9-10(13(3)4)12(15)11(9)14;/h1-2,5-6H,7H2,3-4H3;/q-1;/b6-5-;. The van der Waals surface area contributed by atoms with E-state index in [4.69, 9.17) is 6.58 Å². The van der Waals surface area contributed by atoms with Crippen LogP contribution in [-0.2, 0) is 25.8 Å². The molecule has 0 N–H and O–H groups in total. The van der Waals surface area contributed by atoms with Gasteiger partial charge in [-0.2, -0.15) is 0 Å². The molecule has 0 bridgehead atoms. The van der Waals surface area contributed by atoms with Crippen LogP contribution in [-0.4, -0.2) is 18.5 Å². The van der Waals surface area contributed by atoms with Crippen molar-refractivity contribution in [1.82, 2.24) is 0 Å². The van der Waals surface area contributed by atoms with Gasteiger partial charge < -0.3 is 0 Å². The van der Waals surface area contributed by atoms with Gasteiger partial charge in [-0.05, 0) is 0 Å². The summed E-state index contributed by atoms with van der Waals surface area (Å²) in [6.07, 6.45) is 3.94. The Balaban J connectivity index is 2.91. The summed E-state index contributed by atoms with van der Waals surface area (Å²) in [5.74, 6) is 0. The number of hydrogen-bond donors (Lipinski definition) is 0. The zero-order valence-electron chi connectivity index (χ0n) is 9.19. The Kier molecular flexibility index (Phi) is 4.31. The normalized spacial score (nSPS) is 10.9. The second-order valence-electron chi connectivity index (χ2n) is 3.63. The van der Waals surface area contributed by atoms with Gasteiger partial charge in [-0.15, -0.1) is 0 Å². The molecule has 0 aliphatic rings. The van der Waals surface area contributed by atoms with Gasteiger partial charge in [0.1, 0.15) is 0 Å². The number of anilines is 1. The van der Waals surface area contributed by atoms with Crippen LogP contribution in [0.4, 0.5) is 5.69 Å². The maximum atomic E-state index is 11.4. The molecule has 0 saturated heterocycles. The minimum atomic E-state index is -0.414. The summed E-state index contributed by atoms with van der Waals surface area (Å²) in [5, 5.41) is 0. The van der Waals surface area contributed by atoms with Gasteiger partial charge in [0.25, 0.3) is 0 Å². The average Bonchev–Trinajstić information content (AvgIpc) is 2.24. The Bertz CT molecular complexity index is 519. The molecule has 84 valence electrons. The van der Waals surface area contributed by atoms with E-state index in [0.717, 1.165) is 0 Å². The molecular formula is C12H12NO2W-. The van der Waals surface area contributed by atoms with Crippen LogP contribution in [0.25, 0.3) is 0 Å². The van der Waals surface area contributed by atoms with Crippen LogP contribution < -0.4 is 15.8 Å². The van der Waals surface area contributed by atoms with Crippen molar-refractivity contribution in [2.45, 2.75) is 6.42 Å². The number of nitrogens with zero attached hydrogens (tertiary/aromatic N) is 1. The predicted octanol–water partition coefficient (Wildman–Crippen LogP) is 0.156. The van der Waals surface area contributed by atoms with E-state index in [1.165, 1.54) is 19.4 Å². The van der Waals surface area contributed by atoms with Crippen LogP contribution in [0, 0.1) is 6.58 Å². The number of rotatable bonds is 5. The average molecular weight is 386 g/mol. The van der Waals surface area contributed by atoms with Crippen LogP contribution in [0.3, 0.4) is 0 Å². The monoisotopic (exact) mass is 386 g/mol. The summed E-state index contributed by atoms with van der Waals surface area (Å²) in [6.45, 7) is 5.74.